The van der Waals surface area contributed by atoms with Crippen molar-refractivity contribution in [2.45, 2.75) is 20.3 Å². The van der Waals surface area contributed by atoms with Crippen molar-refractivity contribution in [2.24, 2.45) is 0 Å². The van der Waals surface area contributed by atoms with Gasteiger partial charge in [0.05, 0.1) is 20.6 Å². The van der Waals surface area contributed by atoms with Gasteiger partial charge in [-0.15, -0.1) is 0 Å². The van der Waals surface area contributed by atoms with E-state index in [4.69, 9.17) is 9.47 Å². The molecule has 1 amide bonds. The zero-order chi connectivity index (χ0) is 19.4. The van der Waals surface area contributed by atoms with Crippen LogP contribution in [0.25, 0.3) is 0 Å². The minimum absolute atomic E-state index is 0.156. The van der Waals surface area contributed by atoms with Gasteiger partial charge in [-0.2, -0.15) is 0 Å². The summed E-state index contributed by atoms with van der Waals surface area (Å²) in [7, 11) is 3.22. The SMILES string of the molecule is COc1ccc(CC(=O)N2CCN(c3c(C)cccc3C)CC2)cc1OC. The average Bonchev–Trinajstić information content (AvgIpc) is 2.68. The maximum atomic E-state index is 12.7. The van der Waals surface area contributed by atoms with Gasteiger partial charge in [0.25, 0.3) is 0 Å². The van der Waals surface area contributed by atoms with Crippen LogP contribution in [0.4, 0.5) is 5.69 Å². The number of ether oxygens (including phenoxy) is 2. The van der Waals surface area contributed by atoms with Gasteiger partial charge in [-0.05, 0) is 42.7 Å². The number of nitrogens with zero attached hydrogens (tertiary/aromatic N) is 2. The Morgan fingerprint density at radius 3 is 2.15 bits per heavy atom. The first kappa shape index (κ1) is 19.1. The molecule has 1 heterocycles. The number of aryl methyl sites for hydroxylation is 2. The third-order valence-electron chi connectivity index (χ3n) is 5.19. The summed E-state index contributed by atoms with van der Waals surface area (Å²) in [6.45, 7) is 7.53. The molecule has 144 valence electrons. The molecule has 2 aromatic rings. The van der Waals surface area contributed by atoms with Crippen LogP contribution in [0, 0.1) is 13.8 Å². The van der Waals surface area contributed by atoms with Gasteiger partial charge in [0.2, 0.25) is 5.91 Å². The van der Waals surface area contributed by atoms with E-state index in [9.17, 15) is 4.79 Å². The lowest BCUT2D eigenvalue weighted by molar-refractivity contribution is -0.130. The van der Waals surface area contributed by atoms with Crippen LogP contribution in [0.3, 0.4) is 0 Å². The second-order valence-electron chi connectivity index (χ2n) is 6.97. The minimum atomic E-state index is 0.156. The van der Waals surface area contributed by atoms with Crippen LogP contribution in [-0.2, 0) is 11.2 Å². The highest BCUT2D eigenvalue weighted by Crippen LogP contribution is 2.28. The van der Waals surface area contributed by atoms with Crippen LogP contribution in [0.15, 0.2) is 36.4 Å². The van der Waals surface area contributed by atoms with E-state index in [0.29, 0.717) is 17.9 Å². The third kappa shape index (κ3) is 4.18. The third-order valence-corrected chi connectivity index (χ3v) is 5.19. The van der Waals surface area contributed by atoms with Crippen LogP contribution in [0.2, 0.25) is 0 Å². The molecule has 2 aromatic carbocycles. The van der Waals surface area contributed by atoms with Gasteiger partial charge in [-0.1, -0.05) is 24.3 Å². The molecule has 0 aromatic heterocycles. The molecule has 0 radical (unpaired) electrons. The van der Waals surface area contributed by atoms with Gasteiger partial charge >= 0.3 is 0 Å². The molecule has 1 fully saturated rings. The maximum Gasteiger partial charge on any atom is 0.227 e. The number of hydrogen-bond acceptors (Lipinski definition) is 4. The van der Waals surface area contributed by atoms with Crippen LogP contribution in [0.1, 0.15) is 16.7 Å². The number of hydrogen-bond donors (Lipinski definition) is 0. The molecule has 3 rings (SSSR count). The number of carbonyl (C=O) groups excluding carboxylic acids is 1. The first-order valence-electron chi connectivity index (χ1n) is 9.33. The molecule has 1 saturated heterocycles. The fraction of sp³-hybridized carbons (Fsp3) is 0.409. The van der Waals surface area contributed by atoms with Crippen molar-refractivity contribution in [1.82, 2.24) is 4.90 Å². The van der Waals surface area contributed by atoms with Crippen molar-refractivity contribution in [3.63, 3.8) is 0 Å². The largest absolute Gasteiger partial charge is 0.493 e. The molecule has 0 saturated carbocycles. The summed E-state index contributed by atoms with van der Waals surface area (Å²) >= 11 is 0. The van der Waals surface area contributed by atoms with E-state index in [1.165, 1.54) is 16.8 Å². The van der Waals surface area contributed by atoms with Gasteiger partial charge in [-0.3, -0.25) is 4.79 Å². The normalized spacial score (nSPS) is 14.2. The summed E-state index contributed by atoms with van der Waals surface area (Å²) in [6, 6.07) is 12.0. The molecule has 0 aliphatic carbocycles. The van der Waals surface area contributed by atoms with Crippen LogP contribution < -0.4 is 14.4 Å². The Hall–Kier alpha value is -2.69. The fourth-order valence-electron chi connectivity index (χ4n) is 3.76. The lowest BCUT2D eigenvalue weighted by atomic mass is 10.1. The van der Waals surface area contributed by atoms with Crippen molar-refractivity contribution >= 4 is 11.6 Å². The molecule has 5 nitrogen and oxygen atoms in total. The first-order valence-corrected chi connectivity index (χ1v) is 9.33. The molecule has 0 bridgehead atoms. The van der Waals surface area contributed by atoms with E-state index in [2.05, 4.69) is 36.9 Å². The second kappa shape index (κ2) is 8.33. The molecule has 0 atom stereocenters. The summed E-state index contributed by atoms with van der Waals surface area (Å²) in [4.78, 5) is 17.1. The Morgan fingerprint density at radius 1 is 0.926 bits per heavy atom. The van der Waals surface area contributed by atoms with E-state index in [1.54, 1.807) is 14.2 Å². The van der Waals surface area contributed by atoms with E-state index < -0.39 is 0 Å². The van der Waals surface area contributed by atoms with Gasteiger partial charge in [-0.25, -0.2) is 0 Å². The lowest BCUT2D eigenvalue weighted by Gasteiger charge is -2.37. The standard InChI is InChI=1S/C22H28N2O3/c1-16-6-5-7-17(2)22(16)24-12-10-23(11-13-24)21(25)15-18-8-9-19(26-3)20(14-18)27-4/h5-9,14H,10-13,15H2,1-4H3. The number of rotatable bonds is 5. The summed E-state index contributed by atoms with van der Waals surface area (Å²) in [5.41, 5.74) is 4.83. The van der Waals surface area contributed by atoms with Crippen molar-refractivity contribution in [1.29, 1.82) is 0 Å². The second-order valence-corrected chi connectivity index (χ2v) is 6.97. The van der Waals surface area contributed by atoms with E-state index in [1.807, 2.05) is 23.1 Å². The fourth-order valence-corrected chi connectivity index (χ4v) is 3.76. The number of carbonyl (C=O) groups is 1. The molecule has 27 heavy (non-hydrogen) atoms. The Morgan fingerprint density at radius 2 is 1.56 bits per heavy atom. The molecule has 1 aliphatic rings. The van der Waals surface area contributed by atoms with Gasteiger partial charge in [0.15, 0.2) is 11.5 Å². The molecule has 1 aliphatic heterocycles. The van der Waals surface area contributed by atoms with Gasteiger partial charge in [0.1, 0.15) is 0 Å². The minimum Gasteiger partial charge on any atom is -0.493 e. The number of amides is 1. The number of para-hydroxylation sites is 1. The van der Waals surface area contributed by atoms with Crippen molar-refractivity contribution in [3.8, 4) is 11.5 Å². The average molecular weight is 368 g/mol. The Bertz CT molecular complexity index is 791. The molecule has 0 unspecified atom stereocenters. The summed E-state index contributed by atoms with van der Waals surface area (Å²) in [5.74, 6) is 1.49. The molecular weight excluding hydrogens is 340 g/mol. The Kier molecular flexibility index (Phi) is 5.89. The topological polar surface area (TPSA) is 42.0 Å². The number of anilines is 1. The van der Waals surface area contributed by atoms with Gasteiger partial charge in [0, 0.05) is 31.9 Å². The highest BCUT2D eigenvalue weighted by molar-refractivity contribution is 5.79. The number of piperazine rings is 1. The molecule has 0 N–H and O–H groups in total. The lowest BCUT2D eigenvalue weighted by Crippen LogP contribution is -2.49. The quantitative estimate of drug-likeness (QED) is 0.813. The number of benzene rings is 2. The van der Waals surface area contributed by atoms with E-state index >= 15 is 0 Å². The van der Waals surface area contributed by atoms with Crippen molar-refractivity contribution in [2.75, 3.05) is 45.3 Å². The monoisotopic (exact) mass is 368 g/mol. The van der Waals surface area contributed by atoms with E-state index in [-0.39, 0.29) is 5.91 Å². The Labute approximate surface area is 161 Å². The first-order chi connectivity index (χ1) is 13.0. The van der Waals surface area contributed by atoms with E-state index in [0.717, 1.165) is 31.7 Å². The predicted octanol–water partition coefficient (Wildman–Crippen LogP) is 3.21. The van der Waals surface area contributed by atoms with Gasteiger partial charge < -0.3 is 19.3 Å². The van der Waals surface area contributed by atoms with Crippen molar-refractivity contribution < 1.29 is 14.3 Å². The summed E-state index contributed by atoms with van der Waals surface area (Å²) in [5, 5.41) is 0. The van der Waals surface area contributed by atoms with Crippen molar-refractivity contribution in [3.05, 3.63) is 53.1 Å². The summed E-state index contributed by atoms with van der Waals surface area (Å²) < 4.78 is 10.6. The summed E-state index contributed by atoms with van der Waals surface area (Å²) in [6.07, 6.45) is 0.379. The number of methoxy groups -OCH3 is 2. The molecule has 5 heteroatoms. The van der Waals surface area contributed by atoms with Crippen LogP contribution >= 0.6 is 0 Å². The highest BCUT2D eigenvalue weighted by Gasteiger charge is 2.23. The zero-order valence-corrected chi connectivity index (χ0v) is 16.6. The van der Waals surface area contributed by atoms with Crippen LogP contribution in [-0.4, -0.2) is 51.2 Å². The Balaban J connectivity index is 1.62. The highest BCUT2D eigenvalue weighted by atomic mass is 16.5. The zero-order valence-electron chi connectivity index (χ0n) is 16.6. The predicted molar refractivity (Wildman–Crippen MR) is 108 cm³/mol. The van der Waals surface area contributed by atoms with Crippen LogP contribution in [0.5, 0.6) is 11.5 Å². The molecule has 0 spiro atoms. The smallest absolute Gasteiger partial charge is 0.227 e. The molecular formula is C22H28N2O3. The maximum absolute atomic E-state index is 12.7.